The van der Waals surface area contributed by atoms with Crippen molar-refractivity contribution >= 4 is 13.2 Å². The minimum Gasteiger partial charge on any atom is -0.469 e. The average molecular weight is 356 g/mol. The molecular formula is C22H33BO3. The van der Waals surface area contributed by atoms with Crippen LogP contribution < -0.4 is 0 Å². The molecule has 3 saturated carbocycles. The van der Waals surface area contributed by atoms with Crippen molar-refractivity contribution < 1.29 is 14.1 Å². The molecule has 3 aliphatic carbocycles. The van der Waals surface area contributed by atoms with E-state index in [0.717, 1.165) is 41.6 Å². The van der Waals surface area contributed by atoms with Crippen molar-refractivity contribution in [1.29, 1.82) is 0 Å². The van der Waals surface area contributed by atoms with Crippen molar-refractivity contribution in [1.82, 2.24) is 0 Å². The summed E-state index contributed by atoms with van der Waals surface area (Å²) in [5.41, 5.74) is 2.63. The largest absolute Gasteiger partial charge is 0.469 e. The highest BCUT2D eigenvalue weighted by Gasteiger charge is 2.56. The predicted octanol–water partition coefficient (Wildman–Crippen LogP) is 5.29. The minimum absolute atomic E-state index is 0.0151. The summed E-state index contributed by atoms with van der Waals surface area (Å²) in [5, 5.41) is 10.7. The van der Waals surface area contributed by atoms with Crippen molar-refractivity contribution in [3.05, 3.63) is 41.9 Å². The summed E-state index contributed by atoms with van der Waals surface area (Å²) in [5.74, 6) is 2.88. The van der Waals surface area contributed by atoms with E-state index < -0.39 is 7.12 Å². The van der Waals surface area contributed by atoms with Gasteiger partial charge in [-0.2, -0.15) is 0 Å². The first kappa shape index (κ1) is 19.5. The van der Waals surface area contributed by atoms with Gasteiger partial charge in [0, 0.05) is 11.7 Å². The molecule has 1 heterocycles. The molecule has 4 rings (SSSR count). The second kappa shape index (κ2) is 7.40. The molecular weight excluding hydrogens is 323 g/mol. The van der Waals surface area contributed by atoms with Gasteiger partial charge in [-0.05, 0) is 60.7 Å². The lowest BCUT2D eigenvalue weighted by Gasteiger charge is -2.62. The summed E-state index contributed by atoms with van der Waals surface area (Å²) in [6.07, 6.45) is 10.8. The fourth-order valence-electron chi connectivity index (χ4n) is 5.10. The van der Waals surface area contributed by atoms with Gasteiger partial charge in [-0.15, -0.1) is 0 Å². The third kappa shape index (κ3) is 3.46. The van der Waals surface area contributed by atoms with Gasteiger partial charge in [-0.1, -0.05) is 52.5 Å². The SMILES string of the molecule is C=C/C=C\c1c(C[C@H](C)B(O)O[C@@H]2C[C@@H]3CC([C@H]2C)C3(C)C)coc1C. The molecule has 142 valence electrons. The minimum atomic E-state index is -0.741. The van der Waals surface area contributed by atoms with Gasteiger partial charge in [-0.25, -0.2) is 0 Å². The van der Waals surface area contributed by atoms with Crippen LogP contribution in [0, 0.1) is 30.1 Å². The van der Waals surface area contributed by atoms with E-state index in [0.29, 0.717) is 11.3 Å². The highest BCUT2D eigenvalue weighted by molar-refractivity contribution is 6.44. The van der Waals surface area contributed by atoms with Crippen LogP contribution in [-0.4, -0.2) is 18.2 Å². The molecule has 3 aliphatic rings. The van der Waals surface area contributed by atoms with E-state index in [-0.39, 0.29) is 11.9 Å². The maximum Gasteiger partial charge on any atom is 0.457 e. The molecule has 1 unspecified atom stereocenters. The zero-order valence-corrected chi connectivity index (χ0v) is 16.9. The molecule has 4 heteroatoms. The second-order valence-electron chi connectivity index (χ2n) is 9.03. The molecule has 1 aromatic rings. The van der Waals surface area contributed by atoms with E-state index in [9.17, 15) is 5.02 Å². The molecule has 5 atom stereocenters. The Labute approximate surface area is 158 Å². The first-order chi connectivity index (χ1) is 12.3. The monoisotopic (exact) mass is 356 g/mol. The van der Waals surface area contributed by atoms with Gasteiger partial charge < -0.3 is 14.1 Å². The number of hydrogen-bond donors (Lipinski definition) is 1. The summed E-state index contributed by atoms with van der Waals surface area (Å²) in [4.78, 5) is 0. The maximum atomic E-state index is 10.7. The van der Waals surface area contributed by atoms with Gasteiger partial charge in [0.2, 0.25) is 0 Å². The summed E-state index contributed by atoms with van der Waals surface area (Å²) < 4.78 is 11.7. The Kier molecular flexibility index (Phi) is 5.55. The molecule has 1 N–H and O–H groups in total. The van der Waals surface area contributed by atoms with Gasteiger partial charge in [0.15, 0.2) is 0 Å². The second-order valence-corrected chi connectivity index (χ2v) is 9.03. The maximum absolute atomic E-state index is 10.7. The number of allylic oxidation sites excluding steroid dienone is 2. The smallest absolute Gasteiger partial charge is 0.457 e. The third-order valence-corrected chi connectivity index (χ3v) is 7.13. The quantitative estimate of drug-likeness (QED) is 0.533. The van der Waals surface area contributed by atoms with Crippen LogP contribution >= 0.6 is 0 Å². The van der Waals surface area contributed by atoms with Crippen LogP contribution in [0.3, 0.4) is 0 Å². The van der Waals surface area contributed by atoms with Gasteiger partial charge in [0.1, 0.15) is 5.76 Å². The van der Waals surface area contributed by atoms with Crippen LogP contribution in [-0.2, 0) is 11.1 Å². The Hall–Kier alpha value is -1.26. The van der Waals surface area contributed by atoms with Crippen LogP contribution in [0.2, 0.25) is 5.82 Å². The molecule has 0 spiro atoms. The standard InChI is InChI=1S/C22H33BO3/c1-7-8-9-19-16(4)25-13-17(19)10-14(2)23(24)26-21-12-18-11-20(15(21)3)22(18,5)6/h7-9,13-15,18,20-21,24H,1,10-12H2,2-6H3/b9-8-/t14-,15+,18-,20?,21+/m0/s1. The fourth-order valence-corrected chi connectivity index (χ4v) is 5.10. The van der Waals surface area contributed by atoms with Gasteiger partial charge >= 0.3 is 7.12 Å². The number of hydrogen-bond acceptors (Lipinski definition) is 3. The first-order valence-electron chi connectivity index (χ1n) is 9.95. The average Bonchev–Trinajstić information content (AvgIpc) is 2.93. The lowest BCUT2D eigenvalue weighted by Crippen LogP contribution is -2.58. The van der Waals surface area contributed by atoms with Crippen LogP contribution in [0.4, 0.5) is 0 Å². The van der Waals surface area contributed by atoms with E-state index in [1.807, 2.05) is 26.0 Å². The zero-order valence-electron chi connectivity index (χ0n) is 16.9. The third-order valence-electron chi connectivity index (χ3n) is 7.13. The van der Waals surface area contributed by atoms with E-state index >= 15 is 0 Å². The highest BCUT2D eigenvalue weighted by atomic mass is 16.5. The first-order valence-corrected chi connectivity index (χ1v) is 9.95. The number of aryl methyl sites for hydroxylation is 1. The molecule has 0 aromatic carbocycles. The fraction of sp³-hybridized carbons (Fsp3) is 0.636. The molecule has 0 aliphatic heterocycles. The Morgan fingerprint density at radius 2 is 2.19 bits per heavy atom. The van der Waals surface area contributed by atoms with E-state index in [4.69, 9.17) is 9.07 Å². The van der Waals surface area contributed by atoms with Crippen molar-refractivity contribution in [3.8, 4) is 0 Å². The van der Waals surface area contributed by atoms with Crippen molar-refractivity contribution in [2.45, 2.75) is 65.8 Å². The molecule has 2 bridgehead atoms. The van der Waals surface area contributed by atoms with Crippen molar-refractivity contribution in [2.75, 3.05) is 0 Å². The lowest BCUT2D eigenvalue weighted by molar-refractivity contribution is -0.151. The lowest BCUT2D eigenvalue weighted by atomic mass is 9.45. The van der Waals surface area contributed by atoms with E-state index in [1.54, 1.807) is 12.3 Å². The van der Waals surface area contributed by atoms with Crippen LogP contribution in [0.25, 0.3) is 6.08 Å². The molecule has 0 saturated heterocycles. The van der Waals surface area contributed by atoms with Crippen molar-refractivity contribution in [2.24, 2.45) is 23.2 Å². The van der Waals surface area contributed by atoms with E-state index in [2.05, 4.69) is 27.4 Å². The summed E-state index contributed by atoms with van der Waals surface area (Å²) >= 11 is 0. The summed E-state index contributed by atoms with van der Waals surface area (Å²) in [6, 6.07) is 0. The van der Waals surface area contributed by atoms with E-state index in [1.165, 1.54) is 6.42 Å². The van der Waals surface area contributed by atoms with Crippen LogP contribution in [0.5, 0.6) is 0 Å². The van der Waals surface area contributed by atoms with Crippen molar-refractivity contribution in [3.63, 3.8) is 0 Å². The topological polar surface area (TPSA) is 42.6 Å². The van der Waals surface area contributed by atoms with Crippen LogP contribution in [0.1, 0.15) is 57.4 Å². The van der Waals surface area contributed by atoms with Gasteiger partial charge in [0.05, 0.1) is 6.26 Å². The summed E-state index contributed by atoms with van der Waals surface area (Å²) in [6.45, 7) is 14.8. The molecule has 0 amide bonds. The molecule has 0 radical (unpaired) electrons. The molecule has 26 heavy (non-hydrogen) atoms. The number of furan rings is 1. The van der Waals surface area contributed by atoms with Gasteiger partial charge in [-0.3, -0.25) is 0 Å². The molecule has 3 fully saturated rings. The molecule has 1 aromatic heterocycles. The predicted molar refractivity (Wildman–Crippen MR) is 108 cm³/mol. The Balaban J connectivity index is 1.60. The number of fused-ring (bicyclic) bond motifs is 2. The van der Waals surface area contributed by atoms with Gasteiger partial charge in [0.25, 0.3) is 0 Å². The molecule has 3 nitrogen and oxygen atoms in total. The van der Waals surface area contributed by atoms with Crippen LogP contribution in [0.15, 0.2) is 29.4 Å². The Morgan fingerprint density at radius 1 is 1.46 bits per heavy atom. The highest BCUT2D eigenvalue weighted by Crippen LogP contribution is 2.61. The zero-order chi connectivity index (χ0) is 19.1. The Bertz CT molecular complexity index is 675. The normalized spacial score (nSPS) is 30.8. The number of rotatable bonds is 7. The summed E-state index contributed by atoms with van der Waals surface area (Å²) in [7, 11) is -0.741. The Morgan fingerprint density at radius 3 is 2.81 bits per heavy atom.